The van der Waals surface area contributed by atoms with Crippen molar-refractivity contribution in [2.45, 2.75) is 38.9 Å². The van der Waals surface area contributed by atoms with Gasteiger partial charge >= 0.3 is 0 Å². The Hall–Kier alpha value is -1.73. The number of aryl methyl sites for hydroxylation is 2. The molecule has 120 valence electrons. The standard InChI is InChI=1S/C15H24N6O/c1-12-17-15(18-22-12)11-21-6-4-5-14(10-21)19(2)8-13-7-16-20(3)9-13/h7,9,14H,4-6,8,10-11H2,1-3H3/t14-/m0/s1. The van der Waals surface area contributed by atoms with Crippen molar-refractivity contribution in [3.05, 3.63) is 29.7 Å². The maximum absolute atomic E-state index is 5.05. The topological polar surface area (TPSA) is 63.2 Å². The molecular formula is C15H24N6O. The molecule has 7 nitrogen and oxygen atoms in total. The van der Waals surface area contributed by atoms with Gasteiger partial charge in [-0.25, -0.2) is 0 Å². The van der Waals surface area contributed by atoms with Crippen LogP contribution in [0.3, 0.4) is 0 Å². The molecule has 0 unspecified atom stereocenters. The average Bonchev–Trinajstić information content (AvgIpc) is 3.08. The van der Waals surface area contributed by atoms with Crippen molar-refractivity contribution in [3.8, 4) is 0 Å². The third-order valence-electron chi connectivity index (χ3n) is 4.23. The molecule has 22 heavy (non-hydrogen) atoms. The lowest BCUT2D eigenvalue weighted by Crippen LogP contribution is -2.45. The van der Waals surface area contributed by atoms with Crippen molar-refractivity contribution in [1.29, 1.82) is 0 Å². The summed E-state index contributed by atoms with van der Waals surface area (Å²) in [7, 11) is 4.15. The monoisotopic (exact) mass is 304 g/mol. The van der Waals surface area contributed by atoms with Crippen LogP contribution < -0.4 is 0 Å². The molecule has 1 aliphatic heterocycles. The van der Waals surface area contributed by atoms with Crippen LogP contribution in [0.15, 0.2) is 16.9 Å². The molecule has 2 aromatic rings. The van der Waals surface area contributed by atoms with Gasteiger partial charge < -0.3 is 4.52 Å². The van der Waals surface area contributed by atoms with Gasteiger partial charge in [-0.15, -0.1) is 0 Å². The van der Waals surface area contributed by atoms with Gasteiger partial charge in [0.2, 0.25) is 5.89 Å². The minimum atomic E-state index is 0.557. The fraction of sp³-hybridized carbons (Fsp3) is 0.667. The highest BCUT2D eigenvalue weighted by molar-refractivity contribution is 5.03. The van der Waals surface area contributed by atoms with Crippen molar-refractivity contribution in [1.82, 2.24) is 29.7 Å². The predicted molar refractivity (Wildman–Crippen MR) is 82.0 cm³/mol. The summed E-state index contributed by atoms with van der Waals surface area (Å²) in [4.78, 5) is 9.14. The van der Waals surface area contributed by atoms with Crippen molar-refractivity contribution < 1.29 is 4.52 Å². The van der Waals surface area contributed by atoms with Crippen LogP contribution in [0, 0.1) is 6.92 Å². The van der Waals surface area contributed by atoms with Gasteiger partial charge in [-0.2, -0.15) is 10.1 Å². The molecule has 7 heteroatoms. The van der Waals surface area contributed by atoms with Gasteiger partial charge in [0.15, 0.2) is 5.82 Å². The van der Waals surface area contributed by atoms with Crippen molar-refractivity contribution in [2.24, 2.45) is 7.05 Å². The Labute approximate surface area is 130 Å². The van der Waals surface area contributed by atoms with E-state index in [0.29, 0.717) is 11.9 Å². The molecule has 0 radical (unpaired) electrons. The number of aromatic nitrogens is 4. The van der Waals surface area contributed by atoms with Crippen molar-refractivity contribution in [3.63, 3.8) is 0 Å². The molecule has 3 rings (SSSR count). The first-order valence-corrected chi connectivity index (χ1v) is 7.79. The maximum Gasteiger partial charge on any atom is 0.223 e. The largest absolute Gasteiger partial charge is 0.340 e. The molecule has 1 atom stereocenters. The van der Waals surface area contributed by atoms with Gasteiger partial charge in [0.05, 0.1) is 12.7 Å². The van der Waals surface area contributed by atoms with E-state index in [1.807, 2.05) is 24.9 Å². The summed E-state index contributed by atoms with van der Waals surface area (Å²) in [6.45, 7) is 5.69. The summed E-state index contributed by atoms with van der Waals surface area (Å²) in [6.07, 6.45) is 6.47. The van der Waals surface area contributed by atoms with E-state index < -0.39 is 0 Å². The Bertz CT molecular complexity index is 566. The average molecular weight is 304 g/mol. The van der Waals surface area contributed by atoms with E-state index >= 15 is 0 Å². The van der Waals surface area contributed by atoms with E-state index in [-0.39, 0.29) is 0 Å². The van der Waals surface area contributed by atoms with Crippen molar-refractivity contribution in [2.75, 3.05) is 20.1 Å². The highest BCUT2D eigenvalue weighted by Gasteiger charge is 2.24. The van der Waals surface area contributed by atoms with Gasteiger partial charge in [-0.3, -0.25) is 14.5 Å². The fourth-order valence-electron chi connectivity index (χ4n) is 3.11. The van der Waals surface area contributed by atoms with E-state index in [9.17, 15) is 0 Å². The molecule has 0 amide bonds. The lowest BCUT2D eigenvalue weighted by Gasteiger charge is -2.37. The normalized spacial score (nSPS) is 19.9. The summed E-state index contributed by atoms with van der Waals surface area (Å²) in [5, 5.41) is 8.24. The van der Waals surface area contributed by atoms with Crippen LogP contribution in [0.5, 0.6) is 0 Å². The molecule has 0 aromatic carbocycles. The van der Waals surface area contributed by atoms with Crippen LogP contribution in [0.25, 0.3) is 0 Å². The minimum Gasteiger partial charge on any atom is -0.340 e. The van der Waals surface area contributed by atoms with Crippen LogP contribution in [0.4, 0.5) is 0 Å². The van der Waals surface area contributed by atoms with Gasteiger partial charge in [-0.05, 0) is 26.4 Å². The molecule has 1 aliphatic rings. The van der Waals surface area contributed by atoms with Crippen LogP contribution in [0.1, 0.15) is 30.1 Å². The van der Waals surface area contributed by atoms with E-state index in [0.717, 1.165) is 32.0 Å². The minimum absolute atomic E-state index is 0.557. The van der Waals surface area contributed by atoms with Gasteiger partial charge in [0.1, 0.15) is 0 Å². The number of likely N-dealkylation sites (N-methyl/N-ethyl adjacent to an activating group) is 1. The third-order valence-corrected chi connectivity index (χ3v) is 4.23. The van der Waals surface area contributed by atoms with Crippen LogP contribution in [-0.2, 0) is 20.1 Å². The fourth-order valence-corrected chi connectivity index (χ4v) is 3.11. The molecule has 1 fully saturated rings. The van der Waals surface area contributed by atoms with E-state index in [1.165, 1.54) is 18.4 Å². The van der Waals surface area contributed by atoms with Crippen molar-refractivity contribution >= 4 is 0 Å². The number of hydrogen-bond donors (Lipinski definition) is 0. The van der Waals surface area contributed by atoms with Gasteiger partial charge in [0.25, 0.3) is 0 Å². The number of piperidine rings is 1. The Balaban J connectivity index is 1.55. The van der Waals surface area contributed by atoms with Crippen LogP contribution in [0.2, 0.25) is 0 Å². The lowest BCUT2D eigenvalue weighted by molar-refractivity contribution is 0.105. The third kappa shape index (κ3) is 3.72. The summed E-state index contributed by atoms with van der Waals surface area (Å²) in [6, 6.07) is 0.557. The second kappa shape index (κ2) is 6.58. The highest BCUT2D eigenvalue weighted by atomic mass is 16.5. The zero-order valence-corrected chi connectivity index (χ0v) is 13.6. The van der Waals surface area contributed by atoms with Gasteiger partial charge in [0, 0.05) is 44.9 Å². The summed E-state index contributed by atoms with van der Waals surface area (Å²) in [5.74, 6) is 1.42. The first-order valence-electron chi connectivity index (χ1n) is 7.79. The van der Waals surface area contributed by atoms with Crippen LogP contribution >= 0.6 is 0 Å². The van der Waals surface area contributed by atoms with Crippen LogP contribution in [-0.4, -0.2) is 55.9 Å². The zero-order valence-electron chi connectivity index (χ0n) is 13.6. The molecular weight excluding hydrogens is 280 g/mol. The SMILES string of the molecule is Cc1nc(CN2CCC[C@H](N(C)Cc3cnn(C)c3)C2)no1. The van der Waals surface area contributed by atoms with E-state index in [4.69, 9.17) is 4.52 Å². The number of likely N-dealkylation sites (tertiary alicyclic amines) is 1. The predicted octanol–water partition coefficient (Wildman–Crippen LogP) is 1.21. The Kier molecular flexibility index (Phi) is 4.54. The van der Waals surface area contributed by atoms with E-state index in [1.54, 1.807) is 0 Å². The first-order chi connectivity index (χ1) is 10.6. The molecule has 3 heterocycles. The maximum atomic E-state index is 5.05. The smallest absolute Gasteiger partial charge is 0.223 e. The molecule has 0 spiro atoms. The molecule has 1 saturated heterocycles. The van der Waals surface area contributed by atoms with Gasteiger partial charge in [-0.1, -0.05) is 5.16 Å². The second-order valence-electron chi connectivity index (χ2n) is 6.20. The number of rotatable bonds is 5. The molecule has 0 bridgehead atoms. The Morgan fingerprint density at radius 3 is 3.00 bits per heavy atom. The van der Waals surface area contributed by atoms with E-state index in [2.05, 4.69) is 38.3 Å². The zero-order chi connectivity index (χ0) is 15.5. The second-order valence-corrected chi connectivity index (χ2v) is 6.20. The quantitative estimate of drug-likeness (QED) is 0.827. The Morgan fingerprint density at radius 2 is 2.32 bits per heavy atom. The summed E-state index contributed by atoms with van der Waals surface area (Å²) in [5.41, 5.74) is 1.26. The summed E-state index contributed by atoms with van der Waals surface area (Å²) >= 11 is 0. The number of hydrogen-bond acceptors (Lipinski definition) is 6. The molecule has 2 aromatic heterocycles. The molecule has 0 saturated carbocycles. The Morgan fingerprint density at radius 1 is 1.45 bits per heavy atom. The molecule has 0 aliphatic carbocycles. The highest BCUT2D eigenvalue weighted by Crippen LogP contribution is 2.18. The lowest BCUT2D eigenvalue weighted by atomic mass is 10.0. The first kappa shape index (κ1) is 15.2. The number of nitrogens with zero attached hydrogens (tertiary/aromatic N) is 6. The molecule has 0 N–H and O–H groups in total. The summed E-state index contributed by atoms with van der Waals surface area (Å²) < 4.78 is 6.91.